The van der Waals surface area contributed by atoms with Crippen molar-refractivity contribution in [3.63, 3.8) is 0 Å². The first-order valence-electron chi connectivity index (χ1n) is 5.13. The largest absolute Gasteiger partial charge is 0.275 e. The fraction of sp³-hybridized carbons (Fsp3) is 0.889. The Morgan fingerprint density at radius 3 is 3.08 bits per heavy atom. The first-order chi connectivity index (χ1) is 6.33. The van der Waals surface area contributed by atoms with E-state index < -0.39 is 0 Å². The SMILES string of the molecule is CCCC(=O)NN1CCCCCN1. The number of hydrogen-bond donors (Lipinski definition) is 2. The van der Waals surface area contributed by atoms with E-state index in [1.165, 1.54) is 12.8 Å². The number of rotatable bonds is 3. The number of carbonyl (C=O) groups excluding carboxylic acids is 1. The van der Waals surface area contributed by atoms with Gasteiger partial charge in [0.05, 0.1) is 0 Å². The zero-order valence-electron chi connectivity index (χ0n) is 8.31. The van der Waals surface area contributed by atoms with Crippen molar-refractivity contribution in [2.45, 2.75) is 39.0 Å². The van der Waals surface area contributed by atoms with Crippen molar-refractivity contribution < 1.29 is 4.79 Å². The van der Waals surface area contributed by atoms with Crippen molar-refractivity contribution in [2.24, 2.45) is 0 Å². The fourth-order valence-electron chi connectivity index (χ4n) is 1.39. The van der Waals surface area contributed by atoms with Gasteiger partial charge < -0.3 is 0 Å². The summed E-state index contributed by atoms with van der Waals surface area (Å²) in [6.45, 7) is 3.89. The predicted octanol–water partition coefficient (Wildman–Crippen LogP) is 0.808. The maximum Gasteiger partial charge on any atom is 0.235 e. The minimum Gasteiger partial charge on any atom is -0.275 e. The van der Waals surface area contributed by atoms with Crippen LogP contribution in [0.4, 0.5) is 0 Å². The smallest absolute Gasteiger partial charge is 0.235 e. The molecule has 1 saturated heterocycles. The molecule has 0 spiro atoms. The monoisotopic (exact) mass is 185 g/mol. The van der Waals surface area contributed by atoms with Crippen LogP contribution in [0.1, 0.15) is 39.0 Å². The normalized spacial score (nSPS) is 19.5. The topological polar surface area (TPSA) is 44.4 Å². The van der Waals surface area contributed by atoms with E-state index in [9.17, 15) is 4.79 Å². The number of hydrazine groups is 2. The fourth-order valence-corrected chi connectivity index (χ4v) is 1.39. The molecule has 0 bridgehead atoms. The molecular formula is C9H19N3O. The third-order valence-electron chi connectivity index (χ3n) is 2.10. The molecule has 0 aromatic carbocycles. The van der Waals surface area contributed by atoms with Crippen molar-refractivity contribution in [1.82, 2.24) is 16.0 Å². The molecule has 1 heterocycles. The van der Waals surface area contributed by atoms with Crippen molar-refractivity contribution in [3.8, 4) is 0 Å². The summed E-state index contributed by atoms with van der Waals surface area (Å²) in [7, 11) is 0. The molecule has 1 rings (SSSR count). The summed E-state index contributed by atoms with van der Waals surface area (Å²) in [5.74, 6) is 0.108. The molecule has 1 aliphatic rings. The molecule has 1 fully saturated rings. The van der Waals surface area contributed by atoms with E-state index in [-0.39, 0.29) is 5.91 Å². The van der Waals surface area contributed by atoms with Gasteiger partial charge in [-0.25, -0.2) is 5.43 Å². The summed E-state index contributed by atoms with van der Waals surface area (Å²) < 4.78 is 0. The molecular weight excluding hydrogens is 166 g/mol. The molecule has 2 N–H and O–H groups in total. The van der Waals surface area contributed by atoms with Crippen LogP contribution in [-0.4, -0.2) is 24.1 Å². The van der Waals surface area contributed by atoms with Crippen LogP contribution >= 0.6 is 0 Å². The Morgan fingerprint density at radius 1 is 1.46 bits per heavy atom. The van der Waals surface area contributed by atoms with Crippen molar-refractivity contribution >= 4 is 5.91 Å². The maximum absolute atomic E-state index is 11.2. The average molecular weight is 185 g/mol. The first kappa shape index (κ1) is 10.5. The quantitative estimate of drug-likeness (QED) is 0.684. The van der Waals surface area contributed by atoms with Gasteiger partial charge in [-0.2, -0.15) is 5.12 Å². The summed E-state index contributed by atoms with van der Waals surface area (Å²) >= 11 is 0. The molecule has 0 saturated carbocycles. The summed E-state index contributed by atoms with van der Waals surface area (Å²) in [6, 6.07) is 0. The Bertz CT molecular complexity index is 153. The lowest BCUT2D eigenvalue weighted by Crippen LogP contribution is -2.50. The molecule has 0 aromatic heterocycles. The second-order valence-corrected chi connectivity index (χ2v) is 3.41. The number of carbonyl (C=O) groups is 1. The highest BCUT2D eigenvalue weighted by molar-refractivity contribution is 5.75. The number of nitrogens with zero attached hydrogens (tertiary/aromatic N) is 1. The summed E-state index contributed by atoms with van der Waals surface area (Å²) in [4.78, 5) is 11.2. The van der Waals surface area contributed by atoms with Crippen molar-refractivity contribution in [1.29, 1.82) is 0 Å². The van der Waals surface area contributed by atoms with Gasteiger partial charge in [-0.05, 0) is 19.3 Å². The Balaban J connectivity index is 2.21. The van der Waals surface area contributed by atoms with E-state index in [1.807, 2.05) is 12.0 Å². The molecule has 0 aromatic rings. The Kier molecular flexibility index (Phi) is 4.78. The predicted molar refractivity (Wildman–Crippen MR) is 51.6 cm³/mol. The Morgan fingerprint density at radius 2 is 2.31 bits per heavy atom. The van der Waals surface area contributed by atoms with Gasteiger partial charge in [-0.1, -0.05) is 13.3 Å². The lowest BCUT2D eigenvalue weighted by Gasteiger charge is -2.21. The van der Waals surface area contributed by atoms with Gasteiger partial charge in [0, 0.05) is 19.5 Å². The van der Waals surface area contributed by atoms with Crippen molar-refractivity contribution in [2.75, 3.05) is 13.1 Å². The van der Waals surface area contributed by atoms with Gasteiger partial charge in [0.1, 0.15) is 0 Å². The van der Waals surface area contributed by atoms with E-state index in [1.54, 1.807) is 0 Å². The molecule has 0 unspecified atom stereocenters. The maximum atomic E-state index is 11.2. The molecule has 13 heavy (non-hydrogen) atoms. The molecule has 0 atom stereocenters. The summed E-state index contributed by atoms with van der Waals surface area (Å²) in [6.07, 6.45) is 5.10. The van der Waals surface area contributed by atoms with Crippen LogP contribution in [0.5, 0.6) is 0 Å². The minimum absolute atomic E-state index is 0.108. The highest BCUT2D eigenvalue weighted by atomic mass is 16.2. The Hall–Kier alpha value is -0.610. The van der Waals surface area contributed by atoms with Gasteiger partial charge in [0.2, 0.25) is 5.91 Å². The third kappa shape index (κ3) is 4.24. The lowest BCUT2D eigenvalue weighted by atomic mass is 10.2. The van der Waals surface area contributed by atoms with Gasteiger partial charge >= 0.3 is 0 Å². The molecule has 1 aliphatic heterocycles. The molecule has 0 aliphatic carbocycles. The van der Waals surface area contributed by atoms with E-state index in [4.69, 9.17) is 0 Å². The molecule has 0 radical (unpaired) electrons. The zero-order chi connectivity index (χ0) is 9.52. The van der Waals surface area contributed by atoms with E-state index in [0.29, 0.717) is 6.42 Å². The number of nitrogens with one attached hydrogen (secondary N) is 2. The standard InChI is InChI=1S/C9H19N3O/c1-2-6-9(13)11-12-8-5-3-4-7-10-12/h10H,2-8H2,1H3,(H,11,13). The van der Waals surface area contributed by atoms with Crippen LogP contribution in [0.3, 0.4) is 0 Å². The van der Waals surface area contributed by atoms with Gasteiger partial charge in [-0.15, -0.1) is 0 Å². The van der Waals surface area contributed by atoms with E-state index >= 15 is 0 Å². The van der Waals surface area contributed by atoms with E-state index in [0.717, 1.165) is 25.9 Å². The first-order valence-corrected chi connectivity index (χ1v) is 5.13. The highest BCUT2D eigenvalue weighted by Crippen LogP contribution is 2.00. The van der Waals surface area contributed by atoms with E-state index in [2.05, 4.69) is 10.9 Å². The summed E-state index contributed by atoms with van der Waals surface area (Å²) in [5, 5.41) is 1.82. The van der Waals surface area contributed by atoms with Gasteiger partial charge in [0.15, 0.2) is 0 Å². The average Bonchev–Trinajstić information content (AvgIpc) is 2.33. The van der Waals surface area contributed by atoms with Crippen LogP contribution in [0.15, 0.2) is 0 Å². The second kappa shape index (κ2) is 5.94. The minimum atomic E-state index is 0.108. The van der Waals surface area contributed by atoms with Gasteiger partial charge in [-0.3, -0.25) is 10.2 Å². The molecule has 4 nitrogen and oxygen atoms in total. The zero-order valence-corrected chi connectivity index (χ0v) is 8.31. The second-order valence-electron chi connectivity index (χ2n) is 3.41. The highest BCUT2D eigenvalue weighted by Gasteiger charge is 2.09. The lowest BCUT2D eigenvalue weighted by molar-refractivity contribution is -0.127. The summed E-state index contributed by atoms with van der Waals surface area (Å²) in [5.41, 5.74) is 6.02. The third-order valence-corrected chi connectivity index (χ3v) is 2.10. The van der Waals surface area contributed by atoms with Gasteiger partial charge in [0.25, 0.3) is 0 Å². The van der Waals surface area contributed by atoms with Crippen LogP contribution < -0.4 is 10.9 Å². The van der Waals surface area contributed by atoms with Crippen LogP contribution in [-0.2, 0) is 4.79 Å². The Labute approximate surface area is 79.6 Å². The molecule has 1 amide bonds. The number of amides is 1. The molecule has 4 heteroatoms. The van der Waals surface area contributed by atoms with Crippen LogP contribution in [0.25, 0.3) is 0 Å². The van der Waals surface area contributed by atoms with Crippen LogP contribution in [0.2, 0.25) is 0 Å². The number of hydrogen-bond acceptors (Lipinski definition) is 3. The molecule has 76 valence electrons. The van der Waals surface area contributed by atoms with Crippen molar-refractivity contribution in [3.05, 3.63) is 0 Å². The van der Waals surface area contributed by atoms with Crippen LogP contribution in [0, 0.1) is 0 Å².